The van der Waals surface area contributed by atoms with E-state index in [4.69, 9.17) is 10.2 Å². The lowest BCUT2D eigenvalue weighted by molar-refractivity contribution is -0.139. The topological polar surface area (TPSA) is 101 Å². The van der Waals surface area contributed by atoms with Crippen molar-refractivity contribution >= 4 is 18.1 Å². The third-order valence-electron chi connectivity index (χ3n) is 0.954. The number of carboxylic acid groups (broad SMARTS) is 2. The summed E-state index contributed by atoms with van der Waals surface area (Å²) in [6, 6.07) is 0. The maximum absolute atomic E-state index is 10.0. The standard InChI is InChI=1S/C4H6O4.C4H8O2/c1-2-3(5)8-4(6)7;1-2-3-4(5)6/h2H2,1H3,(H,6,7);2-3H2,1H3,(H,5,6). The smallest absolute Gasteiger partial charge is 0.481 e. The first kappa shape index (κ1) is 14.9. The van der Waals surface area contributed by atoms with Crippen LogP contribution in [-0.4, -0.2) is 28.3 Å². The van der Waals surface area contributed by atoms with Gasteiger partial charge in [-0.3, -0.25) is 9.59 Å². The van der Waals surface area contributed by atoms with Crippen LogP contribution in [0.25, 0.3) is 0 Å². The van der Waals surface area contributed by atoms with Gasteiger partial charge >= 0.3 is 18.1 Å². The van der Waals surface area contributed by atoms with E-state index in [1.54, 1.807) is 0 Å². The van der Waals surface area contributed by atoms with E-state index >= 15 is 0 Å². The molecule has 0 radical (unpaired) electrons. The van der Waals surface area contributed by atoms with Gasteiger partial charge in [0.05, 0.1) is 0 Å². The highest BCUT2D eigenvalue weighted by Crippen LogP contribution is 1.83. The van der Waals surface area contributed by atoms with Crippen LogP contribution in [0.5, 0.6) is 0 Å². The molecular formula is C8H14O6. The molecule has 0 rings (SSSR count). The summed E-state index contributed by atoms with van der Waals surface area (Å²) in [6.07, 6.45) is -0.432. The van der Waals surface area contributed by atoms with E-state index < -0.39 is 18.1 Å². The zero-order chi connectivity index (χ0) is 11.6. The Bertz CT molecular complexity index is 198. The van der Waals surface area contributed by atoms with Crippen molar-refractivity contribution in [1.29, 1.82) is 0 Å². The van der Waals surface area contributed by atoms with E-state index in [9.17, 15) is 14.4 Å². The van der Waals surface area contributed by atoms with Crippen molar-refractivity contribution in [2.45, 2.75) is 33.1 Å². The first-order valence-electron chi connectivity index (χ1n) is 4.09. The van der Waals surface area contributed by atoms with Gasteiger partial charge in [0, 0.05) is 12.8 Å². The Morgan fingerprint density at radius 2 is 1.64 bits per heavy atom. The molecule has 0 fully saturated rings. The van der Waals surface area contributed by atoms with Crippen LogP contribution in [0, 0.1) is 0 Å². The van der Waals surface area contributed by atoms with Gasteiger partial charge in [0.2, 0.25) is 0 Å². The molecule has 0 aromatic rings. The normalized spacial score (nSPS) is 8.14. The molecule has 0 heterocycles. The zero-order valence-electron chi connectivity index (χ0n) is 8.15. The predicted molar refractivity (Wildman–Crippen MR) is 47.0 cm³/mol. The molecule has 0 amide bonds. The van der Waals surface area contributed by atoms with Gasteiger partial charge in [-0.1, -0.05) is 13.8 Å². The minimum atomic E-state index is -1.54. The number of hydrogen-bond acceptors (Lipinski definition) is 4. The highest BCUT2D eigenvalue weighted by atomic mass is 16.7. The summed E-state index contributed by atoms with van der Waals surface area (Å²) in [5.41, 5.74) is 0. The van der Waals surface area contributed by atoms with Crippen molar-refractivity contribution in [2.75, 3.05) is 0 Å². The lowest BCUT2D eigenvalue weighted by Gasteiger charge is -1.90. The fourth-order valence-electron chi connectivity index (χ4n) is 0.383. The Labute approximate surface area is 81.5 Å². The molecule has 14 heavy (non-hydrogen) atoms. The van der Waals surface area contributed by atoms with E-state index in [1.165, 1.54) is 6.92 Å². The summed E-state index contributed by atoms with van der Waals surface area (Å²) in [4.78, 5) is 29.1. The molecule has 0 spiro atoms. The van der Waals surface area contributed by atoms with E-state index in [0.29, 0.717) is 6.42 Å². The minimum absolute atomic E-state index is 0.0896. The predicted octanol–water partition coefficient (Wildman–Crippen LogP) is 1.49. The van der Waals surface area contributed by atoms with Gasteiger partial charge in [0.25, 0.3) is 0 Å². The molecule has 0 saturated carbocycles. The summed E-state index contributed by atoms with van der Waals surface area (Å²) >= 11 is 0. The van der Waals surface area contributed by atoms with E-state index in [2.05, 4.69) is 4.74 Å². The number of hydrogen-bond donors (Lipinski definition) is 2. The van der Waals surface area contributed by atoms with Crippen molar-refractivity contribution in [3.05, 3.63) is 0 Å². The minimum Gasteiger partial charge on any atom is -0.481 e. The second-order valence-electron chi connectivity index (χ2n) is 2.24. The Hall–Kier alpha value is -1.59. The summed E-state index contributed by atoms with van der Waals surface area (Å²) < 4.78 is 3.68. The van der Waals surface area contributed by atoms with Gasteiger partial charge in [-0.25, -0.2) is 4.79 Å². The fraction of sp³-hybridized carbons (Fsp3) is 0.625. The molecule has 0 bridgehead atoms. The second kappa shape index (κ2) is 9.50. The number of carbonyl (C=O) groups is 3. The van der Waals surface area contributed by atoms with E-state index in [0.717, 1.165) is 6.42 Å². The molecule has 0 aliphatic rings. The van der Waals surface area contributed by atoms with Crippen LogP contribution in [0.2, 0.25) is 0 Å². The molecule has 0 unspecified atom stereocenters. The maximum Gasteiger partial charge on any atom is 0.513 e. The number of rotatable bonds is 3. The van der Waals surface area contributed by atoms with Gasteiger partial charge in [-0.15, -0.1) is 0 Å². The van der Waals surface area contributed by atoms with Crippen LogP contribution >= 0.6 is 0 Å². The molecule has 6 heteroatoms. The highest BCUT2D eigenvalue weighted by Gasteiger charge is 2.02. The second-order valence-corrected chi connectivity index (χ2v) is 2.24. The van der Waals surface area contributed by atoms with Crippen molar-refractivity contribution in [1.82, 2.24) is 0 Å². The van der Waals surface area contributed by atoms with Crippen molar-refractivity contribution in [3.63, 3.8) is 0 Å². The van der Waals surface area contributed by atoms with Gasteiger partial charge in [0.15, 0.2) is 0 Å². The Balaban J connectivity index is 0. The molecule has 0 saturated heterocycles. The monoisotopic (exact) mass is 206 g/mol. The van der Waals surface area contributed by atoms with Gasteiger partial charge in [-0.05, 0) is 6.42 Å². The molecule has 82 valence electrons. The van der Waals surface area contributed by atoms with Crippen molar-refractivity contribution < 1.29 is 29.3 Å². The highest BCUT2D eigenvalue weighted by molar-refractivity contribution is 5.80. The van der Waals surface area contributed by atoms with E-state index in [1.807, 2.05) is 6.92 Å². The Kier molecular flexibility index (Phi) is 10.1. The van der Waals surface area contributed by atoms with Crippen LogP contribution in [0.1, 0.15) is 33.1 Å². The van der Waals surface area contributed by atoms with Crippen molar-refractivity contribution in [2.24, 2.45) is 0 Å². The number of carboxylic acids is 1. The first-order chi connectivity index (χ1) is 6.43. The van der Waals surface area contributed by atoms with Crippen LogP contribution in [0.15, 0.2) is 0 Å². The van der Waals surface area contributed by atoms with Crippen LogP contribution in [-0.2, 0) is 14.3 Å². The Morgan fingerprint density at radius 3 is 1.71 bits per heavy atom. The molecule has 0 aliphatic heterocycles. The number of aliphatic carboxylic acids is 1. The van der Waals surface area contributed by atoms with Gasteiger partial charge in [-0.2, -0.15) is 0 Å². The largest absolute Gasteiger partial charge is 0.513 e. The van der Waals surface area contributed by atoms with Crippen LogP contribution in [0.3, 0.4) is 0 Å². The third-order valence-corrected chi connectivity index (χ3v) is 0.954. The zero-order valence-corrected chi connectivity index (χ0v) is 8.15. The number of esters is 1. The number of ether oxygens (including phenoxy) is 1. The fourth-order valence-corrected chi connectivity index (χ4v) is 0.383. The summed E-state index contributed by atoms with van der Waals surface area (Å²) in [7, 11) is 0. The summed E-state index contributed by atoms with van der Waals surface area (Å²) in [6.45, 7) is 3.36. The molecular weight excluding hydrogens is 192 g/mol. The lowest BCUT2D eigenvalue weighted by Crippen LogP contribution is -2.07. The van der Waals surface area contributed by atoms with Gasteiger partial charge in [0.1, 0.15) is 0 Å². The quantitative estimate of drug-likeness (QED) is 0.535. The Morgan fingerprint density at radius 1 is 1.14 bits per heavy atom. The average Bonchev–Trinajstić information content (AvgIpc) is 2.03. The average molecular weight is 206 g/mol. The third kappa shape index (κ3) is 16.8. The molecule has 0 atom stereocenters. The molecule has 6 nitrogen and oxygen atoms in total. The van der Waals surface area contributed by atoms with Crippen molar-refractivity contribution in [3.8, 4) is 0 Å². The van der Waals surface area contributed by atoms with Crippen LogP contribution < -0.4 is 0 Å². The van der Waals surface area contributed by atoms with Crippen LogP contribution in [0.4, 0.5) is 4.79 Å². The maximum atomic E-state index is 10.0. The number of carbonyl (C=O) groups excluding carboxylic acids is 1. The molecule has 0 aromatic heterocycles. The SMILES string of the molecule is CCC(=O)OC(=O)O.CCCC(=O)O. The first-order valence-corrected chi connectivity index (χ1v) is 4.09. The summed E-state index contributed by atoms with van der Waals surface area (Å²) in [5, 5.41) is 15.7. The lowest BCUT2D eigenvalue weighted by atomic mass is 10.4. The van der Waals surface area contributed by atoms with E-state index in [-0.39, 0.29) is 6.42 Å². The molecule has 0 aromatic carbocycles. The van der Waals surface area contributed by atoms with Gasteiger partial charge < -0.3 is 14.9 Å². The molecule has 2 N–H and O–H groups in total. The molecule has 0 aliphatic carbocycles. The summed E-state index contributed by atoms with van der Waals surface area (Å²) in [5.74, 6) is -1.44.